The minimum Gasteiger partial charge on any atom is -0.343 e. The zero-order chi connectivity index (χ0) is 20.9. The fourth-order valence-electron chi connectivity index (χ4n) is 2.46. The number of aryl methyl sites for hydroxylation is 1. The first-order valence-electron chi connectivity index (χ1n) is 8.75. The van der Waals surface area contributed by atoms with Crippen molar-refractivity contribution < 1.29 is 18.0 Å². The molecular formula is C20H25N3O4S. The van der Waals surface area contributed by atoms with Crippen LogP contribution in [-0.4, -0.2) is 32.3 Å². The molecule has 0 atom stereocenters. The van der Waals surface area contributed by atoms with Crippen LogP contribution in [0.25, 0.3) is 0 Å². The summed E-state index contributed by atoms with van der Waals surface area (Å²) in [5, 5.41) is 5.13. The van der Waals surface area contributed by atoms with Crippen molar-refractivity contribution >= 4 is 27.5 Å². The van der Waals surface area contributed by atoms with Crippen molar-refractivity contribution in [3.63, 3.8) is 0 Å². The second-order valence-corrected chi connectivity index (χ2v) is 9.17. The molecule has 0 heterocycles. The summed E-state index contributed by atoms with van der Waals surface area (Å²) in [5.41, 5.74) is 1.11. The van der Waals surface area contributed by atoms with Gasteiger partial charge < -0.3 is 10.6 Å². The quantitative estimate of drug-likeness (QED) is 0.689. The van der Waals surface area contributed by atoms with E-state index >= 15 is 0 Å². The van der Waals surface area contributed by atoms with Gasteiger partial charge in [-0.15, -0.1) is 0 Å². The normalized spacial score (nSPS) is 11.7. The van der Waals surface area contributed by atoms with Crippen LogP contribution in [0.4, 0.5) is 5.69 Å². The minimum atomic E-state index is -3.71. The van der Waals surface area contributed by atoms with E-state index in [2.05, 4.69) is 15.4 Å². The number of carbonyl (C=O) groups is 2. The van der Waals surface area contributed by atoms with Gasteiger partial charge in [0.05, 0.1) is 11.4 Å². The zero-order valence-corrected chi connectivity index (χ0v) is 17.2. The highest BCUT2D eigenvalue weighted by molar-refractivity contribution is 7.89. The molecule has 2 aromatic rings. The van der Waals surface area contributed by atoms with Gasteiger partial charge in [0.15, 0.2) is 0 Å². The van der Waals surface area contributed by atoms with E-state index in [0.717, 1.165) is 5.56 Å². The molecule has 0 aliphatic carbocycles. The molecule has 0 unspecified atom stereocenters. The maximum atomic E-state index is 12.4. The lowest BCUT2D eigenvalue weighted by Gasteiger charge is -2.20. The monoisotopic (exact) mass is 403 g/mol. The molecule has 3 N–H and O–H groups in total. The standard InChI is InChI=1S/C20H25N3O4S/c1-14-7-5-8-15(11-14)19(25)21-13-18(24)22-16-9-6-10-17(12-16)28(26,27)23-20(2,3)4/h5-12,23H,13H2,1-4H3,(H,21,25)(H,22,24). The third-order valence-electron chi connectivity index (χ3n) is 3.56. The van der Waals surface area contributed by atoms with Gasteiger partial charge in [0.1, 0.15) is 0 Å². The summed E-state index contributed by atoms with van der Waals surface area (Å²) >= 11 is 0. The molecule has 0 aliphatic heterocycles. The van der Waals surface area contributed by atoms with Gasteiger partial charge in [0.2, 0.25) is 15.9 Å². The molecule has 28 heavy (non-hydrogen) atoms. The summed E-state index contributed by atoms with van der Waals surface area (Å²) in [5.74, 6) is -0.816. The Labute approximate surface area is 165 Å². The molecule has 150 valence electrons. The number of sulfonamides is 1. The number of benzene rings is 2. The molecule has 0 saturated heterocycles. The topological polar surface area (TPSA) is 104 Å². The maximum Gasteiger partial charge on any atom is 0.251 e. The SMILES string of the molecule is Cc1cccc(C(=O)NCC(=O)Nc2cccc(S(=O)(=O)NC(C)(C)C)c2)c1. The van der Waals surface area contributed by atoms with Crippen LogP contribution in [0.1, 0.15) is 36.7 Å². The first kappa shape index (κ1) is 21.6. The summed E-state index contributed by atoms with van der Waals surface area (Å²) in [6.45, 7) is 6.87. The molecule has 0 saturated carbocycles. The molecule has 8 heteroatoms. The van der Waals surface area contributed by atoms with Crippen molar-refractivity contribution in [1.29, 1.82) is 0 Å². The van der Waals surface area contributed by atoms with E-state index in [0.29, 0.717) is 11.3 Å². The highest BCUT2D eigenvalue weighted by Crippen LogP contribution is 2.17. The van der Waals surface area contributed by atoms with Gasteiger partial charge in [-0.3, -0.25) is 9.59 Å². The Balaban J connectivity index is 2.00. The van der Waals surface area contributed by atoms with Gasteiger partial charge in [-0.25, -0.2) is 13.1 Å². The average Bonchev–Trinajstić information content (AvgIpc) is 2.58. The van der Waals surface area contributed by atoms with Crippen molar-refractivity contribution in [1.82, 2.24) is 10.0 Å². The van der Waals surface area contributed by atoms with Crippen LogP contribution in [0.3, 0.4) is 0 Å². The van der Waals surface area contributed by atoms with Crippen LogP contribution in [-0.2, 0) is 14.8 Å². The van der Waals surface area contributed by atoms with E-state index in [1.165, 1.54) is 18.2 Å². The van der Waals surface area contributed by atoms with Crippen molar-refractivity contribution in [3.05, 3.63) is 59.7 Å². The smallest absolute Gasteiger partial charge is 0.251 e. The summed E-state index contributed by atoms with van der Waals surface area (Å²) in [7, 11) is -3.71. The van der Waals surface area contributed by atoms with Gasteiger partial charge in [0.25, 0.3) is 5.91 Å². The van der Waals surface area contributed by atoms with Crippen molar-refractivity contribution in [2.75, 3.05) is 11.9 Å². The Morgan fingerprint density at radius 1 is 1.00 bits per heavy atom. The molecule has 0 spiro atoms. The summed E-state index contributed by atoms with van der Waals surface area (Å²) in [4.78, 5) is 24.3. The zero-order valence-electron chi connectivity index (χ0n) is 16.4. The number of carbonyl (C=O) groups excluding carboxylic acids is 2. The lowest BCUT2D eigenvalue weighted by atomic mass is 10.1. The molecule has 2 amide bonds. The number of hydrogen-bond donors (Lipinski definition) is 3. The van der Waals surface area contributed by atoms with E-state index in [9.17, 15) is 18.0 Å². The van der Waals surface area contributed by atoms with Crippen LogP contribution < -0.4 is 15.4 Å². The molecule has 7 nitrogen and oxygen atoms in total. The van der Waals surface area contributed by atoms with E-state index in [4.69, 9.17) is 0 Å². The largest absolute Gasteiger partial charge is 0.343 e. The van der Waals surface area contributed by atoms with Crippen LogP contribution >= 0.6 is 0 Å². The van der Waals surface area contributed by atoms with E-state index in [-0.39, 0.29) is 17.3 Å². The Kier molecular flexibility index (Phi) is 6.58. The third kappa shape index (κ3) is 6.47. The van der Waals surface area contributed by atoms with Crippen LogP contribution in [0.2, 0.25) is 0 Å². The predicted molar refractivity (Wildman–Crippen MR) is 109 cm³/mol. The Morgan fingerprint density at radius 2 is 1.68 bits per heavy atom. The number of amides is 2. The second kappa shape index (κ2) is 8.53. The number of hydrogen-bond acceptors (Lipinski definition) is 4. The lowest BCUT2D eigenvalue weighted by molar-refractivity contribution is -0.115. The summed E-state index contributed by atoms with van der Waals surface area (Å²) in [6, 6.07) is 13.0. The van der Waals surface area contributed by atoms with Crippen LogP contribution in [0.5, 0.6) is 0 Å². The first-order valence-corrected chi connectivity index (χ1v) is 10.2. The average molecular weight is 404 g/mol. The van der Waals surface area contributed by atoms with Crippen LogP contribution in [0.15, 0.2) is 53.4 Å². The maximum absolute atomic E-state index is 12.4. The first-order chi connectivity index (χ1) is 13.0. The van der Waals surface area contributed by atoms with Crippen LogP contribution in [0, 0.1) is 6.92 Å². The van der Waals surface area contributed by atoms with Gasteiger partial charge in [0, 0.05) is 16.8 Å². The molecule has 0 fully saturated rings. The Bertz CT molecular complexity index is 979. The van der Waals surface area contributed by atoms with E-state index in [1.54, 1.807) is 45.0 Å². The van der Waals surface area contributed by atoms with E-state index < -0.39 is 21.5 Å². The molecular weight excluding hydrogens is 378 g/mol. The van der Waals surface area contributed by atoms with Gasteiger partial charge in [-0.2, -0.15) is 0 Å². The molecule has 0 bridgehead atoms. The minimum absolute atomic E-state index is 0.0454. The fourth-order valence-corrected chi connectivity index (χ4v) is 3.92. The highest BCUT2D eigenvalue weighted by Gasteiger charge is 2.22. The molecule has 0 aliphatic rings. The lowest BCUT2D eigenvalue weighted by Crippen LogP contribution is -2.40. The number of anilines is 1. The number of nitrogens with one attached hydrogen (secondary N) is 3. The third-order valence-corrected chi connectivity index (χ3v) is 5.31. The fraction of sp³-hybridized carbons (Fsp3) is 0.300. The molecule has 0 radical (unpaired) electrons. The highest BCUT2D eigenvalue weighted by atomic mass is 32.2. The van der Waals surface area contributed by atoms with Crippen molar-refractivity contribution in [3.8, 4) is 0 Å². The predicted octanol–water partition coefficient (Wildman–Crippen LogP) is 2.44. The van der Waals surface area contributed by atoms with Gasteiger partial charge in [-0.1, -0.05) is 23.8 Å². The summed E-state index contributed by atoms with van der Waals surface area (Å²) < 4.78 is 27.4. The second-order valence-electron chi connectivity index (χ2n) is 7.48. The Hall–Kier alpha value is -2.71. The van der Waals surface area contributed by atoms with Gasteiger partial charge in [-0.05, 0) is 58.0 Å². The molecule has 2 rings (SSSR count). The summed E-state index contributed by atoms with van der Waals surface area (Å²) in [6.07, 6.45) is 0. The molecule has 2 aromatic carbocycles. The van der Waals surface area contributed by atoms with E-state index in [1.807, 2.05) is 13.0 Å². The van der Waals surface area contributed by atoms with Crippen molar-refractivity contribution in [2.24, 2.45) is 0 Å². The van der Waals surface area contributed by atoms with Gasteiger partial charge >= 0.3 is 0 Å². The number of rotatable bonds is 6. The molecule has 0 aromatic heterocycles. The van der Waals surface area contributed by atoms with Crippen molar-refractivity contribution in [2.45, 2.75) is 38.1 Å². The Morgan fingerprint density at radius 3 is 2.32 bits per heavy atom.